The molecule has 3 atom stereocenters. The zero-order valence-corrected chi connectivity index (χ0v) is 24.0. The Kier molecular flexibility index (Phi) is 9.82. The number of nitrogens with zero attached hydrogens (tertiary/aromatic N) is 1. The molecule has 0 saturated heterocycles. The lowest BCUT2D eigenvalue weighted by molar-refractivity contribution is -0.145. The standard InChI is InChI=1S/C29H32Cl2N4O5/c1-28(2)19(12-13-29(28,3)27(40)33-15-14-32-4)24(36)35-22(26(38)39)16-17-8-10-18(11-9-17)34-25(37)23-20(30)6-5-7-21(23)31/h5-11,19,22H,12-16H2,1-3H3,(H,33,40)(H,34,37)(H,35,36)(H,38,39). The summed E-state index contributed by atoms with van der Waals surface area (Å²) in [5.41, 5.74) is -0.342. The molecule has 1 aliphatic carbocycles. The number of aliphatic carboxylic acids is 1. The van der Waals surface area contributed by atoms with Gasteiger partial charge in [0.1, 0.15) is 6.04 Å². The number of carboxylic acids is 1. The van der Waals surface area contributed by atoms with Gasteiger partial charge in [-0.3, -0.25) is 14.4 Å². The van der Waals surface area contributed by atoms with Crippen LogP contribution in [0.15, 0.2) is 42.5 Å². The van der Waals surface area contributed by atoms with Gasteiger partial charge in [-0.05, 0) is 48.1 Å². The molecule has 0 spiro atoms. The highest BCUT2D eigenvalue weighted by molar-refractivity contribution is 6.40. The third-order valence-electron chi connectivity index (χ3n) is 8.01. The maximum Gasteiger partial charge on any atom is 0.326 e. The Labute approximate surface area is 243 Å². The van der Waals surface area contributed by atoms with Gasteiger partial charge in [-0.2, -0.15) is 0 Å². The van der Waals surface area contributed by atoms with Crippen molar-refractivity contribution in [3.8, 4) is 0 Å². The second-order valence-corrected chi connectivity index (χ2v) is 11.4. The average molecular weight is 588 g/mol. The lowest BCUT2D eigenvalue weighted by Gasteiger charge is -2.40. The number of amides is 3. The molecule has 0 bridgehead atoms. The number of anilines is 1. The minimum Gasteiger partial charge on any atom is -0.480 e. The first-order chi connectivity index (χ1) is 18.8. The van der Waals surface area contributed by atoms with Crippen molar-refractivity contribution in [2.75, 3.05) is 18.4 Å². The summed E-state index contributed by atoms with van der Waals surface area (Å²) in [4.78, 5) is 54.1. The van der Waals surface area contributed by atoms with Crippen molar-refractivity contribution in [2.24, 2.45) is 16.7 Å². The zero-order valence-electron chi connectivity index (χ0n) is 22.5. The molecule has 1 saturated carbocycles. The van der Waals surface area contributed by atoms with Crippen LogP contribution in [0.25, 0.3) is 4.85 Å². The number of benzene rings is 2. The largest absolute Gasteiger partial charge is 0.480 e. The molecule has 9 nitrogen and oxygen atoms in total. The first-order valence-corrected chi connectivity index (χ1v) is 13.6. The topological polar surface area (TPSA) is 129 Å². The summed E-state index contributed by atoms with van der Waals surface area (Å²) in [5, 5.41) is 18.4. The summed E-state index contributed by atoms with van der Waals surface area (Å²) in [6.45, 7) is 12.8. The number of rotatable bonds is 10. The minimum absolute atomic E-state index is 0.0210. The van der Waals surface area contributed by atoms with Crippen molar-refractivity contribution in [1.82, 2.24) is 10.6 Å². The fraction of sp³-hybridized carbons (Fsp3) is 0.414. The highest BCUT2D eigenvalue weighted by atomic mass is 35.5. The second-order valence-electron chi connectivity index (χ2n) is 10.6. The fourth-order valence-electron chi connectivity index (χ4n) is 5.13. The first kappa shape index (κ1) is 30.9. The van der Waals surface area contributed by atoms with Crippen molar-refractivity contribution in [3.63, 3.8) is 0 Å². The molecule has 3 unspecified atom stereocenters. The minimum atomic E-state index is -1.19. The van der Waals surface area contributed by atoms with Crippen LogP contribution in [0.2, 0.25) is 10.0 Å². The van der Waals surface area contributed by atoms with Gasteiger partial charge in [0.25, 0.3) is 5.91 Å². The van der Waals surface area contributed by atoms with Crippen LogP contribution in [0.1, 0.15) is 49.5 Å². The molecule has 11 heteroatoms. The Morgan fingerprint density at radius 3 is 2.27 bits per heavy atom. The lowest BCUT2D eigenvalue weighted by atomic mass is 9.65. The average Bonchev–Trinajstić information content (AvgIpc) is 3.14. The predicted molar refractivity (Wildman–Crippen MR) is 153 cm³/mol. The highest BCUT2D eigenvalue weighted by Gasteiger charge is 2.58. The second kappa shape index (κ2) is 12.7. The van der Waals surface area contributed by atoms with Crippen LogP contribution in [0, 0.1) is 23.3 Å². The SMILES string of the molecule is [C-]#[N+]CCNC(=O)C1(C)CCC(C(=O)NC(Cc2ccc(NC(=O)c3c(Cl)cccc3Cl)cc2)C(=O)O)C1(C)C. The van der Waals surface area contributed by atoms with Gasteiger partial charge in [-0.25, -0.2) is 11.4 Å². The van der Waals surface area contributed by atoms with Crippen molar-refractivity contribution in [1.29, 1.82) is 0 Å². The molecule has 212 valence electrons. The quantitative estimate of drug-likeness (QED) is 0.234. The number of hydrogen-bond acceptors (Lipinski definition) is 4. The van der Waals surface area contributed by atoms with Crippen LogP contribution in [0.4, 0.5) is 5.69 Å². The van der Waals surface area contributed by atoms with E-state index in [1.165, 1.54) is 0 Å². The van der Waals surface area contributed by atoms with E-state index in [1.54, 1.807) is 42.5 Å². The van der Waals surface area contributed by atoms with Crippen LogP contribution in [-0.2, 0) is 20.8 Å². The number of halogens is 2. The molecule has 3 rings (SSSR count). The molecule has 1 aliphatic rings. The Bertz CT molecular complexity index is 1320. The monoisotopic (exact) mass is 586 g/mol. The Morgan fingerprint density at radius 2 is 1.70 bits per heavy atom. The smallest absolute Gasteiger partial charge is 0.326 e. The normalized spacial score (nSPS) is 20.1. The van der Waals surface area contributed by atoms with E-state index in [2.05, 4.69) is 20.8 Å². The van der Waals surface area contributed by atoms with Gasteiger partial charge >= 0.3 is 5.97 Å². The summed E-state index contributed by atoms with van der Waals surface area (Å²) >= 11 is 12.2. The Morgan fingerprint density at radius 1 is 1.07 bits per heavy atom. The molecule has 3 amide bonds. The number of hydrogen-bond donors (Lipinski definition) is 4. The van der Waals surface area contributed by atoms with Crippen LogP contribution >= 0.6 is 23.2 Å². The third kappa shape index (κ3) is 6.57. The van der Waals surface area contributed by atoms with Crippen LogP contribution < -0.4 is 16.0 Å². The molecule has 40 heavy (non-hydrogen) atoms. The fourth-order valence-corrected chi connectivity index (χ4v) is 5.70. The molecule has 0 aromatic heterocycles. The van der Waals surface area contributed by atoms with Gasteiger partial charge in [-0.15, -0.1) is 0 Å². The van der Waals surface area contributed by atoms with E-state index in [9.17, 15) is 24.3 Å². The van der Waals surface area contributed by atoms with E-state index >= 15 is 0 Å². The number of carboxylic acid groups (broad SMARTS) is 1. The van der Waals surface area contributed by atoms with E-state index < -0.39 is 40.6 Å². The highest BCUT2D eigenvalue weighted by Crippen LogP contribution is 2.56. The molecule has 2 aromatic carbocycles. The van der Waals surface area contributed by atoms with Crippen LogP contribution in [0.3, 0.4) is 0 Å². The molecule has 1 fully saturated rings. The van der Waals surface area contributed by atoms with Gasteiger partial charge in [0.15, 0.2) is 0 Å². The Balaban J connectivity index is 1.66. The van der Waals surface area contributed by atoms with Crippen LogP contribution in [-0.4, -0.2) is 47.9 Å². The summed E-state index contributed by atoms with van der Waals surface area (Å²) in [7, 11) is 0. The third-order valence-corrected chi connectivity index (χ3v) is 8.64. The predicted octanol–water partition coefficient (Wildman–Crippen LogP) is 4.84. The van der Waals surface area contributed by atoms with Crippen LogP contribution in [0.5, 0.6) is 0 Å². The maximum absolute atomic E-state index is 13.3. The summed E-state index contributed by atoms with van der Waals surface area (Å²) < 4.78 is 0. The van der Waals surface area contributed by atoms with Crippen molar-refractivity contribution in [3.05, 3.63) is 75.1 Å². The van der Waals surface area contributed by atoms with E-state index in [0.29, 0.717) is 24.1 Å². The number of carbonyl (C=O) groups is 4. The molecule has 0 heterocycles. The molecular weight excluding hydrogens is 555 g/mol. The number of nitrogens with one attached hydrogen (secondary N) is 3. The van der Waals surface area contributed by atoms with E-state index in [0.717, 1.165) is 0 Å². The zero-order chi connectivity index (χ0) is 29.7. The van der Waals surface area contributed by atoms with Gasteiger partial charge in [0.2, 0.25) is 18.4 Å². The molecular formula is C29H32Cl2N4O5. The van der Waals surface area contributed by atoms with Gasteiger partial charge in [0.05, 0.1) is 27.6 Å². The lowest BCUT2D eigenvalue weighted by Crippen LogP contribution is -2.52. The summed E-state index contributed by atoms with van der Waals surface area (Å²) in [5.74, 6) is -2.87. The van der Waals surface area contributed by atoms with E-state index in [-0.39, 0.29) is 41.0 Å². The van der Waals surface area contributed by atoms with Gasteiger partial charge < -0.3 is 25.9 Å². The van der Waals surface area contributed by atoms with Gasteiger partial charge in [-0.1, -0.05) is 62.2 Å². The molecule has 0 aliphatic heterocycles. The van der Waals surface area contributed by atoms with Crippen molar-refractivity contribution in [2.45, 2.75) is 46.1 Å². The summed E-state index contributed by atoms with van der Waals surface area (Å²) in [6, 6.07) is 10.1. The van der Waals surface area contributed by atoms with E-state index in [4.69, 9.17) is 29.8 Å². The molecule has 0 radical (unpaired) electrons. The maximum atomic E-state index is 13.3. The summed E-state index contributed by atoms with van der Waals surface area (Å²) in [6.07, 6.45) is 0.918. The molecule has 2 aromatic rings. The van der Waals surface area contributed by atoms with E-state index in [1.807, 2.05) is 20.8 Å². The Hall–Kier alpha value is -3.61. The van der Waals surface area contributed by atoms with Crippen molar-refractivity contribution >= 4 is 52.6 Å². The molecule has 4 N–H and O–H groups in total. The van der Waals surface area contributed by atoms with Gasteiger partial charge in [0, 0.05) is 18.0 Å². The number of carbonyl (C=O) groups excluding carboxylic acids is 3. The van der Waals surface area contributed by atoms with Crippen molar-refractivity contribution < 1.29 is 24.3 Å². The first-order valence-electron chi connectivity index (χ1n) is 12.8.